The van der Waals surface area contributed by atoms with Crippen molar-refractivity contribution in [2.24, 2.45) is 0 Å². The van der Waals surface area contributed by atoms with E-state index in [0.29, 0.717) is 38.2 Å². The highest BCUT2D eigenvalue weighted by atomic mass is 32.1. The van der Waals surface area contributed by atoms with Crippen LogP contribution in [-0.4, -0.2) is 50.7 Å². The fraction of sp³-hybridized carbons (Fsp3) is 0.364. The maximum absolute atomic E-state index is 12.3. The van der Waals surface area contributed by atoms with Gasteiger partial charge in [0.2, 0.25) is 0 Å². The number of hydrogen-bond acceptors (Lipinski definition) is 7. The zero-order chi connectivity index (χ0) is 21.1. The Morgan fingerprint density at radius 2 is 2.00 bits per heavy atom. The lowest BCUT2D eigenvalue weighted by molar-refractivity contribution is -0.0389. The zero-order valence-corrected chi connectivity index (χ0v) is 17.6. The molecule has 1 aliphatic rings. The zero-order valence-electron chi connectivity index (χ0n) is 16.8. The first-order valence-electron chi connectivity index (χ1n) is 9.88. The molecule has 7 nitrogen and oxygen atoms in total. The number of benzene rings is 1. The van der Waals surface area contributed by atoms with Gasteiger partial charge in [-0.05, 0) is 48.1 Å². The largest absolute Gasteiger partial charge is 0.504 e. The Hall–Kier alpha value is -2.68. The van der Waals surface area contributed by atoms with Crippen molar-refractivity contribution in [1.29, 1.82) is 0 Å². The molecule has 1 aliphatic heterocycles. The normalized spacial score (nSPS) is 16.5. The molecular weight excluding hydrogens is 402 g/mol. The van der Waals surface area contributed by atoms with Gasteiger partial charge in [0.1, 0.15) is 5.69 Å². The van der Waals surface area contributed by atoms with Crippen molar-refractivity contribution in [2.45, 2.75) is 31.5 Å². The summed E-state index contributed by atoms with van der Waals surface area (Å²) in [6.45, 7) is 2.26. The van der Waals surface area contributed by atoms with Crippen LogP contribution in [0.5, 0.6) is 11.5 Å². The quantitative estimate of drug-likeness (QED) is 0.629. The second-order valence-corrected chi connectivity index (χ2v) is 8.65. The molecule has 0 spiro atoms. The number of thiophene rings is 1. The highest BCUT2D eigenvalue weighted by molar-refractivity contribution is 7.13. The average molecular weight is 428 g/mol. The Kier molecular flexibility index (Phi) is 5.90. The molecule has 0 radical (unpaired) electrons. The molecule has 30 heavy (non-hydrogen) atoms. The second kappa shape index (κ2) is 8.59. The van der Waals surface area contributed by atoms with Crippen molar-refractivity contribution in [1.82, 2.24) is 14.7 Å². The molecule has 1 aromatic carbocycles. The van der Waals surface area contributed by atoms with E-state index in [0.717, 1.165) is 16.1 Å². The van der Waals surface area contributed by atoms with Gasteiger partial charge in [-0.25, -0.2) is 4.68 Å². The number of aromatic hydroxyl groups is 1. The molecule has 2 aromatic heterocycles. The summed E-state index contributed by atoms with van der Waals surface area (Å²) in [7, 11) is 1.52. The van der Waals surface area contributed by atoms with Gasteiger partial charge >= 0.3 is 0 Å². The monoisotopic (exact) mass is 427 g/mol. The topological polar surface area (TPSA) is 87.8 Å². The van der Waals surface area contributed by atoms with Crippen LogP contribution in [0.25, 0.3) is 10.6 Å². The van der Waals surface area contributed by atoms with E-state index >= 15 is 0 Å². The molecule has 0 atom stereocenters. The number of aromatic nitrogens is 2. The van der Waals surface area contributed by atoms with Crippen LogP contribution < -0.4 is 10.3 Å². The summed E-state index contributed by atoms with van der Waals surface area (Å²) < 4.78 is 6.47. The minimum atomic E-state index is -0.969. The first-order valence-corrected chi connectivity index (χ1v) is 10.8. The molecule has 0 saturated carbocycles. The molecule has 0 unspecified atom stereocenters. The number of nitrogens with zero attached hydrogens (tertiary/aromatic N) is 3. The summed E-state index contributed by atoms with van der Waals surface area (Å²) in [5.41, 5.74) is 0.550. The van der Waals surface area contributed by atoms with Crippen molar-refractivity contribution in [3.05, 3.63) is 63.8 Å². The molecular formula is C22H25N3O4S. The van der Waals surface area contributed by atoms with Crippen molar-refractivity contribution in [3.8, 4) is 22.1 Å². The summed E-state index contributed by atoms with van der Waals surface area (Å²) in [6, 6.07) is 12.5. The Labute approximate surface area is 178 Å². The fourth-order valence-electron chi connectivity index (χ4n) is 3.77. The van der Waals surface area contributed by atoms with E-state index in [1.807, 2.05) is 23.6 Å². The van der Waals surface area contributed by atoms with Gasteiger partial charge in [-0.2, -0.15) is 5.10 Å². The Balaban J connectivity index is 1.40. The highest BCUT2D eigenvalue weighted by Crippen LogP contribution is 2.29. The lowest BCUT2D eigenvalue weighted by Crippen LogP contribution is -2.48. The first kappa shape index (κ1) is 20.6. The van der Waals surface area contributed by atoms with Gasteiger partial charge in [-0.15, -0.1) is 11.3 Å². The van der Waals surface area contributed by atoms with E-state index in [4.69, 9.17) is 4.74 Å². The predicted molar refractivity (Wildman–Crippen MR) is 116 cm³/mol. The van der Waals surface area contributed by atoms with Crippen molar-refractivity contribution < 1.29 is 14.9 Å². The highest BCUT2D eigenvalue weighted by Gasteiger charge is 2.33. The number of likely N-dealkylation sites (tertiary alicyclic amines) is 1. The summed E-state index contributed by atoms with van der Waals surface area (Å²) in [5, 5.41) is 27.5. The van der Waals surface area contributed by atoms with E-state index < -0.39 is 5.60 Å². The number of phenols is 1. The Bertz CT molecular complexity index is 1060. The summed E-state index contributed by atoms with van der Waals surface area (Å²) in [5.74, 6) is 0.578. The standard InChI is InChI=1S/C22H25N3O4S/c1-29-19-6-4-16(13-18(19)26)14-24-10-8-22(28,9-11-24)15-25-21(27)7-5-17(23-25)20-3-2-12-30-20/h2-7,12-13,26,28H,8-11,14-15H2,1H3. The molecule has 8 heteroatoms. The molecule has 0 bridgehead atoms. The third-order valence-electron chi connectivity index (χ3n) is 5.52. The lowest BCUT2D eigenvalue weighted by atomic mass is 9.91. The van der Waals surface area contributed by atoms with E-state index in [-0.39, 0.29) is 17.9 Å². The predicted octanol–water partition coefficient (Wildman–Crippen LogP) is 2.71. The molecule has 3 heterocycles. The first-order chi connectivity index (χ1) is 14.5. The van der Waals surface area contributed by atoms with Crippen LogP contribution in [0, 0.1) is 0 Å². The number of piperidine rings is 1. The molecule has 1 saturated heterocycles. The van der Waals surface area contributed by atoms with Crippen LogP contribution in [0.15, 0.2) is 52.6 Å². The fourth-order valence-corrected chi connectivity index (χ4v) is 4.46. The number of ether oxygens (including phenoxy) is 1. The number of hydrogen-bond donors (Lipinski definition) is 2. The molecule has 2 N–H and O–H groups in total. The third-order valence-corrected chi connectivity index (χ3v) is 6.41. The van der Waals surface area contributed by atoms with Crippen molar-refractivity contribution in [2.75, 3.05) is 20.2 Å². The average Bonchev–Trinajstić information content (AvgIpc) is 3.27. The van der Waals surface area contributed by atoms with Gasteiger partial charge < -0.3 is 14.9 Å². The van der Waals surface area contributed by atoms with E-state index in [2.05, 4.69) is 10.00 Å². The van der Waals surface area contributed by atoms with E-state index in [1.165, 1.54) is 17.9 Å². The minimum Gasteiger partial charge on any atom is -0.504 e. The second-order valence-electron chi connectivity index (χ2n) is 7.70. The number of phenolic OH excluding ortho intramolecular Hbond substituents is 1. The molecule has 158 valence electrons. The van der Waals surface area contributed by atoms with Gasteiger partial charge in [0, 0.05) is 25.7 Å². The molecule has 0 amide bonds. The SMILES string of the molecule is COc1ccc(CN2CCC(O)(Cn3nc(-c4cccs4)ccc3=O)CC2)cc1O. The summed E-state index contributed by atoms with van der Waals surface area (Å²) in [4.78, 5) is 15.5. The van der Waals surface area contributed by atoms with Gasteiger partial charge in [0.15, 0.2) is 11.5 Å². The smallest absolute Gasteiger partial charge is 0.266 e. The van der Waals surface area contributed by atoms with Crippen LogP contribution in [0.4, 0.5) is 0 Å². The maximum Gasteiger partial charge on any atom is 0.266 e. The van der Waals surface area contributed by atoms with Gasteiger partial charge in [-0.3, -0.25) is 9.69 Å². The van der Waals surface area contributed by atoms with Crippen molar-refractivity contribution >= 4 is 11.3 Å². The van der Waals surface area contributed by atoms with Crippen LogP contribution in [-0.2, 0) is 13.1 Å². The third kappa shape index (κ3) is 4.56. The molecule has 1 fully saturated rings. The van der Waals surface area contributed by atoms with E-state index in [9.17, 15) is 15.0 Å². The molecule has 3 aromatic rings. The number of methoxy groups -OCH3 is 1. The number of rotatable bonds is 6. The summed E-state index contributed by atoms with van der Waals surface area (Å²) in [6.07, 6.45) is 1.10. The minimum absolute atomic E-state index is 0.125. The van der Waals surface area contributed by atoms with Gasteiger partial charge in [0.25, 0.3) is 5.56 Å². The molecule has 4 rings (SSSR count). The van der Waals surface area contributed by atoms with Crippen LogP contribution in [0.2, 0.25) is 0 Å². The summed E-state index contributed by atoms with van der Waals surface area (Å²) >= 11 is 1.57. The van der Waals surface area contributed by atoms with Crippen LogP contribution >= 0.6 is 11.3 Å². The lowest BCUT2D eigenvalue weighted by Gasteiger charge is -2.38. The Morgan fingerprint density at radius 1 is 1.20 bits per heavy atom. The van der Waals surface area contributed by atoms with Gasteiger partial charge in [0.05, 0.1) is 24.1 Å². The van der Waals surface area contributed by atoms with Crippen molar-refractivity contribution in [3.63, 3.8) is 0 Å². The number of aliphatic hydroxyl groups is 1. The molecule has 0 aliphatic carbocycles. The van der Waals surface area contributed by atoms with Crippen LogP contribution in [0.1, 0.15) is 18.4 Å². The van der Waals surface area contributed by atoms with Gasteiger partial charge in [-0.1, -0.05) is 12.1 Å². The Morgan fingerprint density at radius 3 is 2.67 bits per heavy atom. The van der Waals surface area contributed by atoms with E-state index in [1.54, 1.807) is 29.5 Å². The van der Waals surface area contributed by atoms with Crippen LogP contribution in [0.3, 0.4) is 0 Å². The maximum atomic E-state index is 12.3.